The van der Waals surface area contributed by atoms with Crippen LogP contribution < -0.4 is 10.6 Å². The van der Waals surface area contributed by atoms with Gasteiger partial charge in [-0.15, -0.1) is 0 Å². The largest absolute Gasteiger partial charge is 0.355 e. The first-order valence-corrected chi connectivity index (χ1v) is 5.91. The van der Waals surface area contributed by atoms with Crippen molar-refractivity contribution in [3.05, 3.63) is 27.4 Å². The summed E-state index contributed by atoms with van der Waals surface area (Å²) in [4.78, 5) is 25.6. The Morgan fingerprint density at radius 2 is 2.16 bits per heavy atom. The molecule has 0 aliphatic rings. The van der Waals surface area contributed by atoms with Gasteiger partial charge in [-0.1, -0.05) is 11.6 Å². The number of hydrogen-bond acceptors (Lipinski definition) is 5. The summed E-state index contributed by atoms with van der Waals surface area (Å²) in [5.74, 6) is -0.267. The second-order valence-corrected chi connectivity index (χ2v) is 5.37. The predicted octanol–water partition coefficient (Wildman–Crippen LogP) is 1.97. The number of carbonyl (C=O) groups is 1. The molecule has 8 heteroatoms. The minimum absolute atomic E-state index is 0.0125. The molecule has 0 radical (unpaired) electrons. The van der Waals surface area contributed by atoms with E-state index in [9.17, 15) is 14.9 Å². The molecule has 0 aromatic carbocycles. The van der Waals surface area contributed by atoms with E-state index in [1.807, 2.05) is 20.8 Å². The van der Waals surface area contributed by atoms with Gasteiger partial charge >= 0.3 is 5.69 Å². The molecule has 0 aliphatic carbocycles. The Morgan fingerprint density at radius 3 is 2.68 bits per heavy atom. The Morgan fingerprint density at radius 1 is 1.53 bits per heavy atom. The quantitative estimate of drug-likeness (QED) is 0.651. The molecule has 0 unspecified atom stereocenters. The van der Waals surface area contributed by atoms with Crippen LogP contribution in [-0.2, 0) is 4.79 Å². The highest BCUT2D eigenvalue weighted by Gasteiger charge is 2.18. The van der Waals surface area contributed by atoms with Crippen molar-refractivity contribution in [3.63, 3.8) is 0 Å². The second kappa shape index (κ2) is 5.83. The first-order valence-electron chi connectivity index (χ1n) is 5.54. The fraction of sp³-hybridized carbons (Fsp3) is 0.455. The summed E-state index contributed by atoms with van der Waals surface area (Å²) in [5.41, 5.74) is -0.631. The molecule has 104 valence electrons. The summed E-state index contributed by atoms with van der Waals surface area (Å²) in [7, 11) is 0. The summed E-state index contributed by atoms with van der Waals surface area (Å²) in [6, 6.07) is 1.18. The van der Waals surface area contributed by atoms with Crippen molar-refractivity contribution in [1.82, 2.24) is 10.3 Å². The molecule has 1 aromatic heterocycles. The molecule has 2 N–H and O–H groups in total. The molecular weight excluding hydrogens is 272 g/mol. The fourth-order valence-corrected chi connectivity index (χ4v) is 1.48. The average molecular weight is 287 g/mol. The maximum absolute atomic E-state index is 11.6. The van der Waals surface area contributed by atoms with E-state index in [2.05, 4.69) is 15.6 Å². The molecule has 0 fully saturated rings. The van der Waals surface area contributed by atoms with Gasteiger partial charge in [-0.05, 0) is 20.8 Å². The van der Waals surface area contributed by atoms with Gasteiger partial charge < -0.3 is 10.6 Å². The lowest BCUT2D eigenvalue weighted by Gasteiger charge is -2.20. The average Bonchev–Trinajstić information content (AvgIpc) is 2.24. The maximum Gasteiger partial charge on any atom is 0.312 e. The number of aromatic nitrogens is 1. The number of carbonyl (C=O) groups excluding carboxylic acids is 1. The number of hydrogen-bond donors (Lipinski definition) is 2. The smallest absolute Gasteiger partial charge is 0.312 e. The van der Waals surface area contributed by atoms with Crippen molar-refractivity contribution in [2.24, 2.45) is 0 Å². The topological polar surface area (TPSA) is 97.2 Å². The Hall–Kier alpha value is -1.89. The lowest BCUT2D eigenvalue weighted by atomic mass is 10.1. The summed E-state index contributed by atoms with van der Waals surface area (Å²) in [6.45, 7) is 5.42. The molecule has 7 nitrogen and oxygen atoms in total. The molecule has 0 atom stereocenters. The van der Waals surface area contributed by atoms with Gasteiger partial charge in [0, 0.05) is 17.8 Å². The highest BCUT2D eigenvalue weighted by Crippen LogP contribution is 2.24. The molecular formula is C11H15ClN4O3. The molecule has 1 heterocycles. The summed E-state index contributed by atoms with van der Waals surface area (Å²) in [5, 5.41) is 16.3. The molecule has 0 spiro atoms. The van der Waals surface area contributed by atoms with E-state index in [0.29, 0.717) is 0 Å². The normalized spacial score (nSPS) is 10.9. The van der Waals surface area contributed by atoms with Gasteiger partial charge in [0.25, 0.3) is 0 Å². The van der Waals surface area contributed by atoms with Crippen LogP contribution in [0.2, 0.25) is 5.02 Å². The summed E-state index contributed by atoms with van der Waals surface area (Å²) in [6.07, 6.45) is 1.28. The third-order valence-corrected chi connectivity index (χ3v) is 2.17. The van der Waals surface area contributed by atoms with Crippen molar-refractivity contribution in [2.45, 2.75) is 26.3 Å². The van der Waals surface area contributed by atoms with Gasteiger partial charge in [-0.25, -0.2) is 4.98 Å². The van der Waals surface area contributed by atoms with Crippen molar-refractivity contribution in [3.8, 4) is 0 Å². The molecule has 0 aliphatic heterocycles. The zero-order chi connectivity index (χ0) is 14.6. The lowest BCUT2D eigenvalue weighted by Crippen LogP contribution is -2.43. The van der Waals surface area contributed by atoms with E-state index < -0.39 is 4.92 Å². The Labute approximate surface area is 115 Å². The Balaban J connectivity index is 2.73. The Bertz CT molecular complexity index is 499. The number of nitrogens with zero attached hydrogens (tertiary/aromatic N) is 2. The van der Waals surface area contributed by atoms with Gasteiger partial charge in [-0.2, -0.15) is 0 Å². The predicted molar refractivity (Wildman–Crippen MR) is 72.3 cm³/mol. The number of rotatable bonds is 4. The maximum atomic E-state index is 11.6. The van der Waals surface area contributed by atoms with Crippen molar-refractivity contribution in [1.29, 1.82) is 0 Å². The molecule has 1 aromatic rings. The fourth-order valence-electron chi connectivity index (χ4n) is 1.33. The number of anilines is 1. The van der Waals surface area contributed by atoms with Gasteiger partial charge in [0.2, 0.25) is 11.7 Å². The minimum atomic E-state index is -0.608. The third-order valence-electron chi connectivity index (χ3n) is 1.96. The van der Waals surface area contributed by atoms with Crippen LogP contribution in [0, 0.1) is 10.1 Å². The van der Waals surface area contributed by atoms with Crippen LogP contribution in [0.25, 0.3) is 0 Å². The van der Waals surface area contributed by atoms with Crippen LogP contribution in [0.4, 0.5) is 11.5 Å². The van der Waals surface area contributed by atoms with Gasteiger partial charge in [0.15, 0.2) is 0 Å². The van der Waals surface area contributed by atoms with E-state index in [4.69, 9.17) is 11.6 Å². The van der Waals surface area contributed by atoms with Crippen molar-refractivity contribution in [2.75, 3.05) is 11.9 Å². The Kier molecular flexibility index (Phi) is 4.66. The molecule has 0 saturated carbocycles. The number of halogens is 1. The number of nitro groups is 1. The zero-order valence-corrected chi connectivity index (χ0v) is 11.6. The summed E-state index contributed by atoms with van der Waals surface area (Å²) < 4.78 is 0. The standard InChI is InChI=1S/C11H15ClN4O3/c1-11(2,3)15-9(17)6-14-10-8(16(18)19)4-7(12)5-13-10/h4-5H,6H2,1-3H3,(H,13,14)(H,15,17). The monoisotopic (exact) mass is 286 g/mol. The van der Waals surface area contributed by atoms with Crippen LogP contribution in [0.3, 0.4) is 0 Å². The van der Waals surface area contributed by atoms with E-state index in [1.54, 1.807) is 0 Å². The lowest BCUT2D eigenvalue weighted by molar-refractivity contribution is -0.384. The first-order chi connectivity index (χ1) is 8.69. The second-order valence-electron chi connectivity index (χ2n) is 4.93. The highest BCUT2D eigenvalue weighted by molar-refractivity contribution is 6.30. The third kappa shape index (κ3) is 5.09. The van der Waals surface area contributed by atoms with Crippen molar-refractivity contribution >= 4 is 29.0 Å². The molecule has 0 saturated heterocycles. The number of nitrogens with one attached hydrogen (secondary N) is 2. The van der Waals surface area contributed by atoms with Crippen LogP contribution in [0.5, 0.6) is 0 Å². The number of amides is 1. The molecule has 1 amide bonds. The summed E-state index contributed by atoms with van der Waals surface area (Å²) >= 11 is 5.64. The number of pyridine rings is 1. The van der Waals surface area contributed by atoms with Gasteiger partial charge in [-0.3, -0.25) is 14.9 Å². The van der Waals surface area contributed by atoms with Gasteiger partial charge in [0.1, 0.15) is 0 Å². The van der Waals surface area contributed by atoms with Gasteiger partial charge in [0.05, 0.1) is 16.5 Å². The minimum Gasteiger partial charge on any atom is -0.355 e. The van der Waals surface area contributed by atoms with E-state index in [1.165, 1.54) is 12.3 Å². The van der Waals surface area contributed by atoms with E-state index in [0.717, 1.165) is 0 Å². The SMILES string of the molecule is CC(C)(C)NC(=O)CNc1ncc(Cl)cc1[N+](=O)[O-]. The van der Waals surface area contributed by atoms with E-state index >= 15 is 0 Å². The highest BCUT2D eigenvalue weighted by atomic mass is 35.5. The first kappa shape index (κ1) is 15.2. The van der Waals surface area contributed by atoms with Crippen molar-refractivity contribution < 1.29 is 9.72 Å². The van der Waals surface area contributed by atoms with E-state index in [-0.39, 0.29) is 34.5 Å². The van der Waals surface area contributed by atoms with Crippen LogP contribution in [0.1, 0.15) is 20.8 Å². The van der Waals surface area contributed by atoms with Crippen LogP contribution >= 0.6 is 11.6 Å². The zero-order valence-electron chi connectivity index (χ0n) is 10.9. The molecule has 19 heavy (non-hydrogen) atoms. The van der Waals surface area contributed by atoms with Crippen LogP contribution in [-0.4, -0.2) is 27.9 Å². The van der Waals surface area contributed by atoms with Crippen LogP contribution in [0.15, 0.2) is 12.3 Å². The molecule has 0 bridgehead atoms. The molecule has 1 rings (SSSR count).